The van der Waals surface area contributed by atoms with E-state index in [1.807, 2.05) is 48.2 Å². The van der Waals surface area contributed by atoms with E-state index in [1.165, 1.54) is 16.7 Å². The number of guanidine groups is 1. The van der Waals surface area contributed by atoms with Crippen LogP contribution in [0.4, 0.5) is 0 Å². The Bertz CT molecular complexity index is 1080. The highest BCUT2D eigenvalue weighted by Gasteiger charge is 2.22. The van der Waals surface area contributed by atoms with Gasteiger partial charge in [-0.25, -0.2) is 9.98 Å². The minimum absolute atomic E-state index is 0.196. The van der Waals surface area contributed by atoms with E-state index < -0.39 is 0 Å². The second-order valence-electron chi connectivity index (χ2n) is 8.25. The maximum Gasteiger partial charge on any atom is 0.226 e. The number of fused-ring (bicyclic) bond motifs is 1. The molecule has 0 unspecified atom stereocenters. The number of aromatic nitrogens is 1. The van der Waals surface area contributed by atoms with Crippen molar-refractivity contribution in [2.45, 2.75) is 46.3 Å². The molecule has 2 aromatic carbocycles. The SMILES string of the molecule is CCNC(=NCc1coc(-c2ccc(C)cc2)n1)NCCCC(=O)N1Cc2ccccc2C1. The Kier molecular flexibility index (Phi) is 7.40. The molecule has 0 saturated carbocycles. The highest BCUT2D eigenvalue weighted by atomic mass is 16.3. The average Bonchev–Trinajstić information content (AvgIpc) is 3.48. The van der Waals surface area contributed by atoms with Gasteiger partial charge >= 0.3 is 0 Å². The molecular weight excluding hydrogens is 414 g/mol. The van der Waals surface area contributed by atoms with Gasteiger partial charge in [0.2, 0.25) is 11.8 Å². The number of amides is 1. The van der Waals surface area contributed by atoms with E-state index in [0.717, 1.165) is 37.3 Å². The van der Waals surface area contributed by atoms with E-state index in [1.54, 1.807) is 6.26 Å². The van der Waals surface area contributed by atoms with E-state index in [0.29, 0.717) is 31.4 Å². The van der Waals surface area contributed by atoms with Gasteiger partial charge in [0, 0.05) is 38.2 Å². The van der Waals surface area contributed by atoms with Gasteiger partial charge in [-0.3, -0.25) is 4.79 Å². The molecule has 0 bridgehead atoms. The molecule has 1 aliphatic rings. The van der Waals surface area contributed by atoms with E-state index in [-0.39, 0.29) is 5.91 Å². The summed E-state index contributed by atoms with van der Waals surface area (Å²) in [6, 6.07) is 16.3. The number of hydrogen-bond acceptors (Lipinski definition) is 4. The number of carbonyl (C=O) groups is 1. The van der Waals surface area contributed by atoms with Crippen molar-refractivity contribution >= 4 is 11.9 Å². The first-order valence-corrected chi connectivity index (χ1v) is 11.5. The molecule has 0 spiro atoms. The van der Waals surface area contributed by atoms with Crippen LogP contribution >= 0.6 is 0 Å². The Morgan fingerprint density at radius 1 is 1.09 bits per heavy atom. The molecule has 0 saturated heterocycles. The van der Waals surface area contributed by atoms with Gasteiger partial charge in [0.15, 0.2) is 5.96 Å². The Balaban J connectivity index is 1.23. The summed E-state index contributed by atoms with van der Waals surface area (Å²) in [7, 11) is 0. The number of nitrogens with zero attached hydrogens (tertiary/aromatic N) is 3. The lowest BCUT2D eigenvalue weighted by atomic mass is 10.1. The lowest BCUT2D eigenvalue weighted by molar-refractivity contribution is -0.131. The highest BCUT2D eigenvalue weighted by Crippen LogP contribution is 2.23. The first-order chi connectivity index (χ1) is 16.1. The molecule has 7 heteroatoms. The summed E-state index contributed by atoms with van der Waals surface area (Å²) in [5.41, 5.74) is 5.43. The number of nitrogens with one attached hydrogen (secondary N) is 2. The van der Waals surface area contributed by atoms with Crippen molar-refractivity contribution in [2.75, 3.05) is 13.1 Å². The summed E-state index contributed by atoms with van der Waals surface area (Å²) in [4.78, 5) is 23.6. The van der Waals surface area contributed by atoms with Gasteiger partial charge in [-0.2, -0.15) is 0 Å². The lowest BCUT2D eigenvalue weighted by Gasteiger charge is -2.16. The number of hydrogen-bond donors (Lipinski definition) is 2. The normalized spacial score (nSPS) is 13.2. The topological polar surface area (TPSA) is 82.8 Å². The number of rotatable bonds is 8. The summed E-state index contributed by atoms with van der Waals surface area (Å²) < 4.78 is 5.62. The van der Waals surface area contributed by atoms with Crippen LogP contribution in [-0.2, 0) is 24.4 Å². The number of benzene rings is 2. The molecule has 1 amide bonds. The lowest BCUT2D eigenvalue weighted by Crippen LogP contribution is -2.38. The molecule has 1 aliphatic heterocycles. The Morgan fingerprint density at radius 3 is 2.52 bits per heavy atom. The van der Waals surface area contributed by atoms with Crippen molar-refractivity contribution in [1.82, 2.24) is 20.5 Å². The third kappa shape index (κ3) is 6.00. The van der Waals surface area contributed by atoms with Crippen LogP contribution in [0.15, 0.2) is 64.2 Å². The van der Waals surface area contributed by atoms with Gasteiger partial charge in [0.1, 0.15) is 12.0 Å². The zero-order chi connectivity index (χ0) is 23.0. The molecule has 0 fully saturated rings. The zero-order valence-corrected chi connectivity index (χ0v) is 19.3. The maximum absolute atomic E-state index is 12.6. The first kappa shape index (κ1) is 22.6. The van der Waals surface area contributed by atoms with Crippen molar-refractivity contribution in [3.8, 4) is 11.5 Å². The summed E-state index contributed by atoms with van der Waals surface area (Å²) in [6.07, 6.45) is 2.91. The number of carbonyl (C=O) groups excluding carboxylic acids is 1. The van der Waals surface area contributed by atoms with Crippen molar-refractivity contribution in [1.29, 1.82) is 0 Å². The van der Waals surface area contributed by atoms with E-state index in [4.69, 9.17) is 4.42 Å². The Hall–Kier alpha value is -3.61. The second-order valence-corrected chi connectivity index (χ2v) is 8.25. The van der Waals surface area contributed by atoms with Gasteiger partial charge in [0.25, 0.3) is 0 Å². The van der Waals surface area contributed by atoms with Crippen molar-refractivity contribution < 1.29 is 9.21 Å². The summed E-state index contributed by atoms with van der Waals surface area (Å²) in [6.45, 7) is 7.35. The average molecular weight is 446 g/mol. The molecule has 2 heterocycles. The molecule has 0 atom stereocenters. The Morgan fingerprint density at radius 2 is 1.82 bits per heavy atom. The summed E-state index contributed by atoms with van der Waals surface area (Å²) >= 11 is 0. The molecule has 172 valence electrons. The van der Waals surface area contributed by atoms with Crippen molar-refractivity contribution in [2.24, 2.45) is 4.99 Å². The maximum atomic E-state index is 12.6. The quantitative estimate of drug-likeness (QED) is 0.311. The summed E-state index contributed by atoms with van der Waals surface area (Å²) in [5.74, 6) is 1.50. The minimum Gasteiger partial charge on any atom is -0.444 e. The second kappa shape index (κ2) is 10.8. The van der Waals surface area contributed by atoms with Gasteiger partial charge in [-0.1, -0.05) is 42.0 Å². The molecular formula is C26H31N5O2. The predicted molar refractivity (Wildman–Crippen MR) is 129 cm³/mol. The van der Waals surface area contributed by atoms with Gasteiger partial charge in [0.05, 0.1) is 6.54 Å². The number of aryl methyl sites for hydroxylation is 1. The van der Waals surface area contributed by atoms with Crippen LogP contribution in [-0.4, -0.2) is 34.8 Å². The molecule has 3 aromatic rings. The number of oxazole rings is 1. The van der Waals surface area contributed by atoms with E-state index in [2.05, 4.69) is 39.7 Å². The highest BCUT2D eigenvalue weighted by molar-refractivity contribution is 5.80. The fraction of sp³-hybridized carbons (Fsp3) is 0.346. The standard InChI is InChI=1S/C26H31N5O2/c1-3-27-26(29-15-23-18-33-25(30-23)20-12-10-19(2)11-13-20)28-14-6-9-24(32)31-16-21-7-4-5-8-22(21)17-31/h4-5,7-8,10-13,18H,3,6,9,14-17H2,1-2H3,(H2,27,28,29). The van der Waals surface area contributed by atoms with E-state index in [9.17, 15) is 4.79 Å². The Labute approximate surface area is 194 Å². The third-order valence-electron chi connectivity index (χ3n) is 5.65. The zero-order valence-electron chi connectivity index (χ0n) is 19.3. The third-order valence-corrected chi connectivity index (χ3v) is 5.65. The van der Waals surface area contributed by atoms with Crippen LogP contribution in [0.5, 0.6) is 0 Å². The molecule has 2 N–H and O–H groups in total. The molecule has 33 heavy (non-hydrogen) atoms. The fourth-order valence-corrected chi connectivity index (χ4v) is 3.82. The smallest absolute Gasteiger partial charge is 0.226 e. The fourth-order valence-electron chi connectivity index (χ4n) is 3.82. The predicted octanol–water partition coefficient (Wildman–Crippen LogP) is 4.03. The molecule has 7 nitrogen and oxygen atoms in total. The van der Waals surface area contributed by atoms with Crippen LogP contribution in [0, 0.1) is 6.92 Å². The van der Waals surface area contributed by atoms with Gasteiger partial charge in [-0.15, -0.1) is 0 Å². The first-order valence-electron chi connectivity index (χ1n) is 11.5. The van der Waals surface area contributed by atoms with Crippen LogP contribution in [0.2, 0.25) is 0 Å². The molecule has 1 aromatic heterocycles. The summed E-state index contributed by atoms with van der Waals surface area (Å²) in [5, 5.41) is 6.55. The van der Waals surface area contributed by atoms with Crippen LogP contribution in [0.25, 0.3) is 11.5 Å². The van der Waals surface area contributed by atoms with Crippen molar-refractivity contribution in [3.05, 3.63) is 77.2 Å². The minimum atomic E-state index is 0.196. The molecule has 4 rings (SSSR count). The van der Waals surface area contributed by atoms with Crippen LogP contribution in [0.1, 0.15) is 42.1 Å². The van der Waals surface area contributed by atoms with Crippen molar-refractivity contribution in [3.63, 3.8) is 0 Å². The van der Waals surface area contributed by atoms with Gasteiger partial charge < -0.3 is 20.0 Å². The van der Waals surface area contributed by atoms with Gasteiger partial charge in [-0.05, 0) is 43.5 Å². The van der Waals surface area contributed by atoms with E-state index >= 15 is 0 Å². The monoisotopic (exact) mass is 445 g/mol. The molecule has 0 radical (unpaired) electrons. The largest absolute Gasteiger partial charge is 0.444 e. The number of aliphatic imine (C=N–C) groups is 1. The molecule has 0 aliphatic carbocycles. The van der Waals surface area contributed by atoms with Crippen LogP contribution < -0.4 is 10.6 Å². The van der Waals surface area contributed by atoms with Crippen LogP contribution in [0.3, 0.4) is 0 Å².